The quantitative estimate of drug-likeness (QED) is 0.324. The van der Waals surface area contributed by atoms with Crippen LogP contribution >= 0.6 is 11.6 Å². The predicted octanol–water partition coefficient (Wildman–Crippen LogP) is 4.83. The summed E-state index contributed by atoms with van der Waals surface area (Å²) in [5.74, 6) is -2.77. The van der Waals surface area contributed by atoms with Gasteiger partial charge in [0.05, 0.1) is 46.7 Å². The maximum absolute atomic E-state index is 14.0. The predicted molar refractivity (Wildman–Crippen MR) is 132 cm³/mol. The zero-order valence-corrected chi connectivity index (χ0v) is 20.9. The van der Waals surface area contributed by atoms with E-state index in [4.69, 9.17) is 27.3 Å². The van der Waals surface area contributed by atoms with Crippen LogP contribution in [0.25, 0.3) is 10.9 Å². The van der Waals surface area contributed by atoms with Gasteiger partial charge in [-0.05, 0) is 36.8 Å². The standard InChI is InChI=1S/C25H17ClF4N6O3/c1-11-21(22(25(28,29)30)35-36(11)10-12-3-4-13(9-31)20(5-12)39-2)34-24(38)15-7-19(23(32)37)33-18-8-17(27)16(26)6-14(15)18/h3-8H,10H2,1-2H3,(H2,32,37)(H,34,38). The highest BCUT2D eigenvalue weighted by atomic mass is 35.5. The van der Waals surface area contributed by atoms with E-state index >= 15 is 0 Å². The number of nitriles is 1. The van der Waals surface area contributed by atoms with Crippen molar-refractivity contribution in [2.45, 2.75) is 19.6 Å². The summed E-state index contributed by atoms with van der Waals surface area (Å²) in [6.45, 7) is 1.18. The Balaban J connectivity index is 1.79. The fraction of sp³-hybridized carbons (Fsp3) is 0.160. The molecule has 4 aromatic rings. The summed E-state index contributed by atoms with van der Waals surface area (Å²) >= 11 is 5.84. The molecule has 0 saturated carbocycles. The molecule has 39 heavy (non-hydrogen) atoms. The molecule has 0 bridgehead atoms. The number of hydrogen-bond acceptors (Lipinski definition) is 6. The van der Waals surface area contributed by atoms with Crippen LogP contribution < -0.4 is 15.8 Å². The summed E-state index contributed by atoms with van der Waals surface area (Å²) in [6.07, 6.45) is -4.95. The number of nitrogens with two attached hydrogens (primary N) is 1. The van der Waals surface area contributed by atoms with Crippen molar-refractivity contribution >= 4 is 40.0 Å². The van der Waals surface area contributed by atoms with E-state index in [-0.39, 0.29) is 45.0 Å². The van der Waals surface area contributed by atoms with E-state index in [1.54, 1.807) is 0 Å². The SMILES string of the molecule is COc1cc(Cn2nc(C(F)(F)F)c(NC(=O)c3cc(C(N)=O)nc4cc(F)c(Cl)cc34)c2C)ccc1C#N. The van der Waals surface area contributed by atoms with E-state index in [9.17, 15) is 27.2 Å². The maximum Gasteiger partial charge on any atom is 0.437 e. The number of aromatic nitrogens is 3. The number of anilines is 1. The molecular weight excluding hydrogens is 544 g/mol. The van der Waals surface area contributed by atoms with Crippen LogP contribution in [0.3, 0.4) is 0 Å². The highest BCUT2D eigenvalue weighted by Crippen LogP contribution is 2.37. The van der Waals surface area contributed by atoms with Crippen LogP contribution in [0.5, 0.6) is 5.75 Å². The molecule has 0 saturated heterocycles. The Morgan fingerprint density at radius 1 is 1.23 bits per heavy atom. The Kier molecular flexibility index (Phi) is 7.16. The molecule has 0 aliphatic carbocycles. The number of nitrogens with zero attached hydrogens (tertiary/aromatic N) is 4. The summed E-state index contributed by atoms with van der Waals surface area (Å²) in [4.78, 5) is 28.9. The van der Waals surface area contributed by atoms with Crippen molar-refractivity contribution in [3.63, 3.8) is 0 Å². The number of hydrogen-bond donors (Lipinski definition) is 2. The molecule has 9 nitrogen and oxygen atoms in total. The van der Waals surface area contributed by atoms with Crippen molar-refractivity contribution < 1.29 is 31.9 Å². The molecule has 2 amide bonds. The first-order chi connectivity index (χ1) is 18.3. The first-order valence-electron chi connectivity index (χ1n) is 11.0. The normalized spacial score (nSPS) is 11.3. The van der Waals surface area contributed by atoms with Crippen LogP contribution in [0.15, 0.2) is 36.4 Å². The number of carbonyl (C=O) groups excluding carboxylic acids is 2. The van der Waals surface area contributed by atoms with Gasteiger partial charge in [-0.15, -0.1) is 0 Å². The molecule has 0 fully saturated rings. The van der Waals surface area contributed by atoms with Gasteiger partial charge in [0.25, 0.3) is 11.8 Å². The molecule has 2 aromatic heterocycles. The van der Waals surface area contributed by atoms with E-state index in [0.29, 0.717) is 5.56 Å². The van der Waals surface area contributed by atoms with Crippen LogP contribution in [-0.2, 0) is 12.7 Å². The number of rotatable bonds is 6. The summed E-state index contributed by atoms with van der Waals surface area (Å²) in [5, 5.41) is 14.6. The second kappa shape index (κ2) is 10.2. The van der Waals surface area contributed by atoms with Crippen molar-refractivity contribution in [1.82, 2.24) is 14.8 Å². The fourth-order valence-electron chi connectivity index (χ4n) is 3.86. The molecule has 0 unspecified atom stereocenters. The van der Waals surface area contributed by atoms with Crippen LogP contribution in [0.4, 0.5) is 23.2 Å². The Morgan fingerprint density at radius 2 is 1.95 bits per heavy atom. The number of ether oxygens (including phenoxy) is 1. The Bertz CT molecular complexity index is 1690. The average Bonchev–Trinajstić information content (AvgIpc) is 3.19. The zero-order valence-electron chi connectivity index (χ0n) is 20.2. The summed E-state index contributed by atoms with van der Waals surface area (Å²) in [5.41, 5.74) is 3.07. The van der Waals surface area contributed by atoms with Crippen molar-refractivity contribution in [1.29, 1.82) is 5.26 Å². The molecule has 0 aliphatic heterocycles. The van der Waals surface area contributed by atoms with Gasteiger partial charge in [-0.3, -0.25) is 14.3 Å². The highest BCUT2D eigenvalue weighted by molar-refractivity contribution is 6.31. The lowest BCUT2D eigenvalue weighted by Gasteiger charge is -2.12. The number of carbonyl (C=O) groups is 2. The first kappa shape index (κ1) is 27.3. The number of methoxy groups -OCH3 is 1. The molecule has 14 heteroatoms. The lowest BCUT2D eigenvalue weighted by molar-refractivity contribution is -0.140. The number of halogens is 5. The van der Waals surface area contributed by atoms with E-state index in [1.165, 1.54) is 32.2 Å². The minimum Gasteiger partial charge on any atom is -0.495 e. The Morgan fingerprint density at radius 3 is 2.56 bits per heavy atom. The second-order valence-corrected chi connectivity index (χ2v) is 8.67. The van der Waals surface area contributed by atoms with Crippen molar-refractivity contribution in [2.24, 2.45) is 5.73 Å². The van der Waals surface area contributed by atoms with E-state index in [2.05, 4.69) is 15.4 Å². The zero-order chi connectivity index (χ0) is 28.6. The largest absolute Gasteiger partial charge is 0.495 e. The van der Waals surface area contributed by atoms with E-state index < -0.39 is 40.9 Å². The van der Waals surface area contributed by atoms with Crippen LogP contribution in [0.1, 0.15) is 43.4 Å². The minimum atomic E-state index is -4.95. The smallest absolute Gasteiger partial charge is 0.437 e. The van der Waals surface area contributed by atoms with E-state index in [1.807, 2.05) is 6.07 Å². The van der Waals surface area contributed by atoms with Gasteiger partial charge in [-0.1, -0.05) is 17.7 Å². The number of fused-ring (bicyclic) bond motifs is 1. The molecule has 0 radical (unpaired) electrons. The van der Waals surface area contributed by atoms with Crippen LogP contribution in [0.2, 0.25) is 5.02 Å². The summed E-state index contributed by atoms with van der Waals surface area (Å²) < 4.78 is 62.1. The maximum atomic E-state index is 14.0. The van der Waals surface area contributed by atoms with Gasteiger partial charge in [0.15, 0.2) is 5.69 Å². The molecule has 4 rings (SSSR count). The molecule has 2 aromatic carbocycles. The van der Waals surface area contributed by atoms with Crippen LogP contribution in [0, 0.1) is 24.1 Å². The van der Waals surface area contributed by atoms with Crippen LogP contribution in [-0.4, -0.2) is 33.7 Å². The van der Waals surface area contributed by atoms with Gasteiger partial charge in [-0.25, -0.2) is 9.37 Å². The lowest BCUT2D eigenvalue weighted by atomic mass is 10.1. The number of benzene rings is 2. The minimum absolute atomic E-state index is 0.0211. The number of alkyl halides is 3. The Labute approximate surface area is 222 Å². The van der Waals surface area contributed by atoms with Gasteiger partial charge in [-0.2, -0.15) is 23.5 Å². The third-order valence-corrected chi connectivity index (χ3v) is 6.07. The molecule has 3 N–H and O–H groups in total. The first-order valence-corrected chi connectivity index (χ1v) is 11.3. The number of pyridine rings is 1. The van der Waals surface area contributed by atoms with Gasteiger partial charge in [0, 0.05) is 11.5 Å². The fourth-order valence-corrected chi connectivity index (χ4v) is 4.03. The Hall–Kier alpha value is -4.70. The van der Waals surface area contributed by atoms with Gasteiger partial charge in [0.2, 0.25) is 0 Å². The molecule has 2 heterocycles. The van der Waals surface area contributed by atoms with Gasteiger partial charge >= 0.3 is 6.18 Å². The molecule has 200 valence electrons. The molecule has 0 atom stereocenters. The van der Waals surface area contributed by atoms with Gasteiger partial charge < -0.3 is 15.8 Å². The third-order valence-electron chi connectivity index (χ3n) is 5.78. The lowest BCUT2D eigenvalue weighted by Crippen LogP contribution is -2.19. The molecule has 0 aliphatic rings. The van der Waals surface area contributed by atoms with Crippen molar-refractivity contribution in [3.05, 3.63) is 81.0 Å². The topological polar surface area (TPSA) is 136 Å². The van der Waals surface area contributed by atoms with Crippen molar-refractivity contribution in [2.75, 3.05) is 12.4 Å². The second-order valence-electron chi connectivity index (χ2n) is 8.27. The molecule has 0 spiro atoms. The summed E-state index contributed by atoms with van der Waals surface area (Å²) in [6, 6.07) is 9.34. The summed E-state index contributed by atoms with van der Waals surface area (Å²) in [7, 11) is 1.35. The highest BCUT2D eigenvalue weighted by Gasteiger charge is 2.39. The number of amides is 2. The average molecular weight is 561 g/mol. The third kappa shape index (κ3) is 5.32. The molecular formula is C25H17ClF4N6O3. The van der Waals surface area contributed by atoms with Gasteiger partial charge in [0.1, 0.15) is 23.3 Å². The number of primary amides is 1. The monoisotopic (exact) mass is 560 g/mol. The number of nitrogens with one attached hydrogen (secondary N) is 1. The van der Waals surface area contributed by atoms with E-state index in [0.717, 1.165) is 22.9 Å². The van der Waals surface area contributed by atoms with Crippen molar-refractivity contribution in [3.8, 4) is 11.8 Å².